The first kappa shape index (κ1) is 21.5. The fourth-order valence-corrected chi connectivity index (χ4v) is 4.68. The summed E-state index contributed by atoms with van der Waals surface area (Å²) in [6.45, 7) is 1.71. The molecule has 164 valence electrons. The molecule has 2 aromatic carbocycles. The number of rotatable bonds is 7. The highest BCUT2D eigenvalue weighted by molar-refractivity contribution is 7.89. The third-order valence-electron chi connectivity index (χ3n) is 5.31. The topological polar surface area (TPSA) is 105 Å². The third-order valence-corrected chi connectivity index (χ3v) is 7.22. The smallest absolute Gasteiger partial charge is 0.251 e. The number of morpholine rings is 1. The molecule has 1 heterocycles. The van der Waals surface area contributed by atoms with E-state index >= 15 is 0 Å². The van der Waals surface area contributed by atoms with Crippen molar-refractivity contribution in [2.75, 3.05) is 26.3 Å². The van der Waals surface area contributed by atoms with Gasteiger partial charge in [0, 0.05) is 36.8 Å². The van der Waals surface area contributed by atoms with Crippen molar-refractivity contribution >= 4 is 21.8 Å². The molecule has 31 heavy (non-hydrogen) atoms. The third kappa shape index (κ3) is 5.30. The number of amides is 2. The summed E-state index contributed by atoms with van der Waals surface area (Å²) in [4.78, 5) is 24.6. The van der Waals surface area contributed by atoms with E-state index in [0.717, 1.165) is 18.4 Å². The van der Waals surface area contributed by atoms with Crippen LogP contribution < -0.4 is 10.6 Å². The van der Waals surface area contributed by atoms with Crippen LogP contribution in [-0.4, -0.2) is 56.9 Å². The second kappa shape index (κ2) is 9.17. The van der Waals surface area contributed by atoms with Gasteiger partial charge in [-0.05, 0) is 54.8 Å². The normalized spacial score (nSPS) is 17.2. The molecule has 1 saturated carbocycles. The molecular formula is C22H25N3O5S. The van der Waals surface area contributed by atoms with Crippen LogP contribution in [0.25, 0.3) is 0 Å². The number of nitrogens with zero attached hydrogens (tertiary/aromatic N) is 1. The van der Waals surface area contributed by atoms with Crippen LogP contribution in [0, 0.1) is 0 Å². The van der Waals surface area contributed by atoms with Crippen LogP contribution in [0.5, 0.6) is 0 Å². The van der Waals surface area contributed by atoms with Crippen LogP contribution >= 0.6 is 0 Å². The van der Waals surface area contributed by atoms with E-state index in [-0.39, 0.29) is 16.7 Å². The maximum Gasteiger partial charge on any atom is 0.251 e. The molecular weight excluding hydrogens is 418 g/mol. The van der Waals surface area contributed by atoms with Gasteiger partial charge in [-0.1, -0.05) is 12.1 Å². The fraction of sp³-hybridized carbons (Fsp3) is 0.364. The minimum absolute atomic E-state index is 0.0785. The molecule has 0 atom stereocenters. The van der Waals surface area contributed by atoms with E-state index in [0.29, 0.717) is 50.0 Å². The Morgan fingerprint density at radius 1 is 0.903 bits per heavy atom. The summed E-state index contributed by atoms with van der Waals surface area (Å²) in [5.74, 6) is -0.379. The van der Waals surface area contributed by atoms with Crippen LogP contribution in [0.15, 0.2) is 53.4 Å². The molecule has 0 bridgehead atoms. The number of carbonyl (C=O) groups is 2. The van der Waals surface area contributed by atoms with E-state index in [1.54, 1.807) is 24.3 Å². The Morgan fingerprint density at radius 3 is 2.10 bits per heavy atom. The molecule has 0 spiro atoms. The van der Waals surface area contributed by atoms with Gasteiger partial charge in [-0.3, -0.25) is 9.59 Å². The highest BCUT2D eigenvalue weighted by Crippen LogP contribution is 2.20. The van der Waals surface area contributed by atoms with Gasteiger partial charge in [0.1, 0.15) is 0 Å². The summed E-state index contributed by atoms with van der Waals surface area (Å²) in [5.41, 5.74) is 1.84. The number of nitrogens with one attached hydrogen (secondary N) is 2. The monoisotopic (exact) mass is 443 g/mol. The van der Waals surface area contributed by atoms with Crippen molar-refractivity contribution in [3.63, 3.8) is 0 Å². The van der Waals surface area contributed by atoms with Crippen LogP contribution in [0.1, 0.15) is 39.1 Å². The van der Waals surface area contributed by atoms with Gasteiger partial charge in [0.05, 0.1) is 18.1 Å². The quantitative estimate of drug-likeness (QED) is 0.675. The Labute approximate surface area is 181 Å². The van der Waals surface area contributed by atoms with Gasteiger partial charge < -0.3 is 15.4 Å². The van der Waals surface area contributed by atoms with Crippen LogP contribution in [-0.2, 0) is 21.3 Å². The molecule has 1 aliphatic heterocycles. The maximum absolute atomic E-state index is 12.7. The second-order valence-electron chi connectivity index (χ2n) is 7.67. The first-order valence-electron chi connectivity index (χ1n) is 10.3. The first-order valence-corrected chi connectivity index (χ1v) is 11.7. The molecule has 9 heteroatoms. The Hall–Kier alpha value is -2.75. The second-order valence-corrected chi connectivity index (χ2v) is 9.61. The standard InChI is InChI=1S/C22H25N3O5S/c26-21(23-15-16-1-3-18(4-2-16)22(27)24-19-7-8-19)17-5-9-20(10-6-17)31(28,29)25-11-13-30-14-12-25/h1-6,9-10,19H,7-8,11-15H2,(H,23,26)(H,24,27). The molecule has 2 N–H and O–H groups in total. The summed E-state index contributed by atoms with van der Waals surface area (Å²) in [5, 5.41) is 5.75. The van der Waals surface area contributed by atoms with Gasteiger partial charge in [0.25, 0.3) is 11.8 Å². The highest BCUT2D eigenvalue weighted by Gasteiger charge is 2.26. The van der Waals surface area contributed by atoms with Crippen molar-refractivity contribution in [1.29, 1.82) is 0 Å². The van der Waals surface area contributed by atoms with Crippen molar-refractivity contribution in [3.8, 4) is 0 Å². The average Bonchev–Trinajstić information content (AvgIpc) is 3.62. The number of sulfonamides is 1. The van der Waals surface area contributed by atoms with Crippen LogP contribution in [0.2, 0.25) is 0 Å². The lowest BCUT2D eigenvalue weighted by Gasteiger charge is -2.26. The Morgan fingerprint density at radius 2 is 1.48 bits per heavy atom. The van der Waals surface area contributed by atoms with Gasteiger partial charge in [0.2, 0.25) is 10.0 Å². The SMILES string of the molecule is O=C(NCc1ccc(C(=O)NC2CC2)cc1)c1ccc(S(=O)(=O)N2CCOCC2)cc1. The van der Waals surface area contributed by atoms with E-state index in [1.165, 1.54) is 28.6 Å². The molecule has 2 aromatic rings. The molecule has 4 rings (SSSR count). The zero-order valence-corrected chi connectivity index (χ0v) is 17.9. The van der Waals surface area contributed by atoms with Gasteiger partial charge in [-0.15, -0.1) is 0 Å². The highest BCUT2D eigenvalue weighted by atomic mass is 32.2. The molecule has 0 unspecified atom stereocenters. The molecule has 0 radical (unpaired) electrons. The van der Waals surface area contributed by atoms with E-state index in [9.17, 15) is 18.0 Å². The van der Waals surface area contributed by atoms with Gasteiger partial charge in [0.15, 0.2) is 0 Å². The number of ether oxygens (including phenoxy) is 1. The van der Waals surface area contributed by atoms with E-state index in [4.69, 9.17) is 4.74 Å². The van der Waals surface area contributed by atoms with Crippen molar-refractivity contribution in [3.05, 3.63) is 65.2 Å². The lowest BCUT2D eigenvalue weighted by molar-refractivity contribution is 0.0730. The predicted molar refractivity (Wildman–Crippen MR) is 114 cm³/mol. The van der Waals surface area contributed by atoms with Gasteiger partial charge >= 0.3 is 0 Å². The molecule has 8 nitrogen and oxygen atoms in total. The Balaban J connectivity index is 1.32. The molecule has 1 aliphatic carbocycles. The predicted octanol–water partition coefficient (Wildman–Crippen LogP) is 1.53. The fourth-order valence-electron chi connectivity index (χ4n) is 3.27. The van der Waals surface area contributed by atoms with Gasteiger partial charge in [-0.2, -0.15) is 4.31 Å². The minimum atomic E-state index is -3.59. The summed E-state index contributed by atoms with van der Waals surface area (Å²) < 4.78 is 31.9. The van der Waals surface area contributed by atoms with Crippen molar-refractivity contribution in [2.24, 2.45) is 0 Å². The average molecular weight is 444 g/mol. The number of hydrogen-bond acceptors (Lipinski definition) is 5. The van der Waals surface area contributed by atoms with Crippen molar-refractivity contribution in [1.82, 2.24) is 14.9 Å². The summed E-state index contributed by atoms with van der Waals surface area (Å²) in [7, 11) is -3.59. The van der Waals surface area contributed by atoms with Crippen LogP contribution in [0.3, 0.4) is 0 Å². The summed E-state index contributed by atoms with van der Waals surface area (Å²) in [6.07, 6.45) is 2.08. The molecule has 2 fully saturated rings. The molecule has 2 aliphatic rings. The van der Waals surface area contributed by atoms with Crippen LogP contribution in [0.4, 0.5) is 0 Å². The lowest BCUT2D eigenvalue weighted by Crippen LogP contribution is -2.40. The Kier molecular flexibility index (Phi) is 6.35. The summed E-state index contributed by atoms with van der Waals surface area (Å²) >= 11 is 0. The number of hydrogen-bond donors (Lipinski definition) is 2. The van der Waals surface area contributed by atoms with E-state index < -0.39 is 10.0 Å². The zero-order chi connectivity index (χ0) is 21.8. The molecule has 0 aromatic heterocycles. The number of carbonyl (C=O) groups excluding carboxylic acids is 2. The molecule has 1 saturated heterocycles. The largest absolute Gasteiger partial charge is 0.379 e. The Bertz CT molecular complexity index is 1040. The minimum Gasteiger partial charge on any atom is -0.379 e. The van der Waals surface area contributed by atoms with E-state index in [2.05, 4.69) is 10.6 Å². The number of benzene rings is 2. The summed E-state index contributed by atoms with van der Waals surface area (Å²) in [6, 6.07) is 13.3. The van der Waals surface area contributed by atoms with Gasteiger partial charge in [-0.25, -0.2) is 8.42 Å². The maximum atomic E-state index is 12.7. The van der Waals surface area contributed by atoms with E-state index in [1.807, 2.05) is 0 Å². The zero-order valence-electron chi connectivity index (χ0n) is 17.0. The molecule has 2 amide bonds. The van der Waals surface area contributed by atoms with Crippen molar-refractivity contribution < 1.29 is 22.7 Å². The first-order chi connectivity index (χ1) is 14.9. The van der Waals surface area contributed by atoms with Crippen molar-refractivity contribution in [2.45, 2.75) is 30.3 Å². The lowest BCUT2D eigenvalue weighted by atomic mass is 10.1.